The van der Waals surface area contributed by atoms with Crippen molar-refractivity contribution in [3.05, 3.63) is 64.9 Å². The highest BCUT2D eigenvalue weighted by Crippen LogP contribution is 2.41. The Bertz CT molecular complexity index is 756. The molecule has 1 unspecified atom stereocenters. The standard InChI is InChI=1S/C16H15ClFNO2S/c17-13-5-3-12(4-6-13)16(11-1-2-11)19-22(20,21)15-9-7-14(18)8-10-15/h3-11,16,19H,1-2H2. The third-order valence-corrected chi connectivity index (χ3v) is 5.44. The molecule has 1 aliphatic rings. The van der Waals surface area contributed by atoms with Gasteiger partial charge in [0.2, 0.25) is 10.0 Å². The van der Waals surface area contributed by atoms with Crippen LogP contribution in [0.4, 0.5) is 4.39 Å². The summed E-state index contributed by atoms with van der Waals surface area (Å²) < 4.78 is 40.6. The maximum absolute atomic E-state index is 13.0. The van der Waals surface area contributed by atoms with Gasteiger partial charge in [0.15, 0.2) is 0 Å². The molecule has 6 heteroatoms. The largest absolute Gasteiger partial charge is 0.241 e. The average Bonchev–Trinajstić information content (AvgIpc) is 3.31. The van der Waals surface area contributed by atoms with E-state index in [0.29, 0.717) is 5.02 Å². The first kappa shape index (κ1) is 15.5. The third kappa shape index (κ3) is 3.48. The lowest BCUT2D eigenvalue weighted by Crippen LogP contribution is -2.30. The normalized spacial score (nSPS) is 16.5. The summed E-state index contributed by atoms with van der Waals surface area (Å²) in [7, 11) is -3.69. The Morgan fingerprint density at radius 1 is 1.05 bits per heavy atom. The molecule has 2 aromatic carbocycles. The van der Waals surface area contributed by atoms with E-state index in [4.69, 9.17) is 11.6 Å². The molecule has 3 rings (SSSR count). The van der Waals surface area contributed by atoms with Crippen LogP contribution in [0.5, 0.6) is 0 Å². The lowest BCUT2D eigenvalue weighted by atomic mass is 10.0. The van der Waals surface area contributed by atoms with Crippen LogP contribution in [0.15, 0.2) is 53.4 Å². The highest BCUT2D eigenvalue weighted by molar-refractivity contribution is 7.89. The summed E-state index contributed by atoms with van der Waals surface area (Å²) in [6, 6.07) is 11.7. The zero-order valence-electron chi connectivity index (χ0n) is 11.7. The first-order valence-corrected chi connectivity index (χ1v) is 8.85. The van der Waals surface area contributed by atoms with Gasteiger partial charge in [-0.25, -0.2) is 17.5 Å². The van der Waals surface area contributed by atoms with Crippen molar-refractivity contribution >= 4 is 21.6 Å². The Balaban J connectivity index is 1.87. The second kappa shape index (κ2) is 5.99. The molecule has 0 spiro atoms. The number of rotatable bonds is 5. The topological polar surface area (TPSA) is 46.2 Å². The fourth-order valence-corrected chi connectivity index (χ4v) is 3.80. The number of halogens is 2. The molecule has 0 bridgehead atoms. The maximum Gasteiger partial charge on any atom is 0.241 e. The van der Waals surface area contributed by atoms with Crippen LogP contribution in [0.2, 0.25) is 5.02 Å². The van der Waals surface area contributed by atoms with E-state index < -0.39 is 15.8 Å². The maximum atomic E-state index is 13.0. The van der Waals surface area contributed by atoms with Gasteiger partial charge in [-0.05, 0) is 60.7 Å². The van der Waals surface area contributed by atoms with Crippen molar-refractivity contribution in [2.45, 2.75) is 23.8 Å². The van der Waals surface area contributed by atoms with Crippen molar-refractivity contribution in [1.29, 1.82) is 0 Å². The van der Waals surface area contributed by atoms with Gasteiger partial charge >= 0.3 is 0 Å². The minimum Gasteiger partial charge on any atom is -0.207 e. The summed E-state index contributed by atoms with van der Waals surface area (Å²) in [6.07, 6.45) is 1.97. The quantitative estimate of drug-likeness (QED) is 0.897. The lowest BCUT2D eigenvalue weighted by Gasteiger charge is -2.19. The van der Waals surface area contributed by atoms with Gasteiger partial charge in [0, 0.05) is 11.1 Å². The molecule has 2 aromatic rings. The highest BCUT2D eigenvalue weighted by atomic mass is 35.5. The van der Waals surface area contributed by atoms with Gasteiger partial charge < -0.3 is 0 Å². The molecule has 0 aliphatic heterocycles. The molecule has 0 heterocycles. The van der Waals surface area contributed by atoms with Gasteiger partial charge in [-0.15, -0.1) is 0 Å². The first-order chi connectivity index (χ1) is 10.5. The van der Waals surface area contributed by atoms with E-state index in [2.05, 4.69) is 4.72 Å². The second-order valence-corrected chi connectivity index (χ2v) is 7.59. The van der Waals surface area contributed by atoms with Gasteiger partial charge in [-0.2, -0.15) is 0 Å². The van der Waals surface area contributed by atoms with Crippen molar-refractivity contribution < 1.29 is 12.8 Å². The number of sulfonamides is 1. The molecular weight excluding hydrogens is 325 g/mol. The fraction of sp³-hybridized carbons (Fsp3) is 0.250. The summed E-state index contributed by atoms with van der Waals surface area (Å²) in [5.41, 5.74) is 0.887. The molecule has 1 N–H and O–H groups in total. The molecule has 1 fully saturated rings. The minimum absolute atomic E-state index is 0.0634. The molecule has 1 atom stereocenters. The Morgan fingerprint density at radius 2 is 1.64 bits per heavy atom. The summed E-state index contributed by atoms with van der Waals surface area (Å²) in [5, 5.41) is 0.611. The molecule has 1 saturated carbocycles. The molecule has 0 radical (unpaired) electrons. The SMILES string of the molecule is O=S(=O)(NC(c1ccc(Cl)cc1)C1CC1)c1ccc(F)cc1. The highest BCUT2D eigenvalue weighted by Gasteiger charge is 2.35. The molecule has 0 saturated heterocycles. The number of hydrogen-bond acceptors (Lipinski definition) is 2. The predicted octanol–water partition coefficient (Wildman–Crippen LogP) is 3.91. The number of nitrogens with one attached hydrogen (secondary N) is 1. The van der Waals surface area contributed by atoms with Crippen molar-refractivity contribution in [3.8, 4) is 0 Å². The smallest absolute Gasteiger partial charge is 0.207 e. The van der Waals surface area contributed by atoms with Crippen LogP contribution < -0.4 is 4.72 Å². The molecule has 0 aromatic heterocycles. The third-order valence-electron chi connectivity index (χ3n) is 3.73. The van der Waals surface area contributed by atoms with Crippen molar-refractivity contribution in [2.75, 3.05) is 0 Å². The molecule has 3 nitrogen and oxygen atoms in total. The summed E-state index contributed by atoms with van der Waals surface area (Å²) in [5.74, 6) is -0.174. The molecule has 22 heavy (non-hydrogen) atoms. The fourth-order valence-electron chi connectivity index (χ4n) is 2.39. The van der Waals surface area contributed by atoms with Crippen LogP contribution in [0.25, 0.3) is 0 Å². The van der Waals surface area contributed by atoms with E-state index in [-0.39, 0.29) is 16.9 Å². The van der Waals surface area contributed by atoms with E-state index in [9.17, 15) is 12.8 Å². The van der Waals surface area contributed by atoms with Gasteiger partial charge in [0.25, 0.3) is 0 Å². The van der Waals surface area contributed by atoms with Gasteiger partial charge in [-0.3, -0.25) is 0 Å². The second-order valence-electron chi connectivity index (χ2n) is 5.44. The lowest BCUT2D eigenvalue weighted by molar-refractivity contribution is 0.529. The van der Waals surface area contributed by atoms with Crippen LogP contribution in [0.3, 0.4) is 0 Å². The van der Waals surface area contributed by atoms with Crippen LogP contribution >= 0.6 is 11.6 Å². The number of benzene rings is 2. The van der Waals surface area contributed by atoms with Crippen molar-refractivity contribution in [3.63, 3.8) is 0 Å². The summed E-state index contributed by atoms with van der Waals surface area (Å²) >= 11 is 5.88. The van der Waals surface area contributed by atoms with Crippen molar-refractivity contribution in [1.82, 2.24) is 4.72 Å². The van der Waals surface area contributed by atoms with E-state index in [1.807, 2.05) is 12.1 Å². The van der Waals surface area contributed by atoms with Gasteiger partial charge in [-0.1, -0.05) is 23.7 Å². The zero-order chi connectivity index (χ0) is 15.7. The van der Waals surface area contributed by atoms with E-state index in [0.717, 1.165) is 30.5 Å². The molecular formula is C16H15ClFNO2S. The predicted molar refractivity (Wildman–Crippen MR) is 83.6 cm³/mol. The summed E-state index contributed by atoms with van der Waals surface area (Å²) in [4.78, 5) is 0.0634. The Morgan fingerprint density at radius 3 is 2.18 bits per heavy atom. The molecule has 116 valence electrons. The first-order valence-electron chi connectivity index (χ1n) is 6.99. The van der Waals surface area contributed by atoms with E-state index in [1.165, 1.54) is 12.1 Å². The number of hydrogen-bond donors (Lipinski definition) is 1. The Hall–Kier alpha value is -1.43. The van der Waals surface area contributed by atoms with E-state index >= 15 is 0 Å². The molecule has 0 amide bonds. The Labute approximate surface area is 134 Å². The van der Waals surface area contributed by atoms with Crippen LogP contribution in [-0.2, 0) is 10.0 Å². The van der Waals surface area contributed by atoms with Crippen LogP contribution in [0, 0.1) is 11.7 Å². The zero-order valence-corrected chi connectivity index (χ0v) is 13.2. The average molecular weight is 340 g/mol. The van der Waals surface area contributed by atoms with Gasteiger partial charge in [0.1, 0.15) is 5.82 Å². The van der Waals surface area contributed by atoms with Crippen LogP contribution in [-0.4, -0.2) is 8.42 Å². The minimum atomic E-state index is -3.69. The van der Waals surface area contributed by atoms with Gasteiger partial charge in [0.05, 0.1) is 4.90 Å². The molecule has 1 aliphatic carbocycles. The van der Waals surface area contributed by atoms with Crippen LogP contribution in [0.1, 0.15) is 24.4 Å². The van der Waals surface area contributed by atoms with Crippen molar-refractivity contribution in [2.24, 2.45) is 5.92 Å². The summed E-state index contributed by atoms with van der Waals surface area (Å²) in [6.45, 7) is 0. The monoisotopic (exact) mass is 339 g/mol. The Kier molecular flexibility index (Phi) is 4.21. The van der Waals surface area contributed by atoms with E-state index in [1.54, 1.807) is 12.1 Å².